The predicted octanol–water partition coefficient (Wildman–Crippen LogP) is 2.56. The highest BCUT2D eigenvalue weighted by Crippen LogP contribution is 2.22. The molecule has 0 spiro atoms. The van der Waals surface area contributed by atoms with Crippen molar-refractivity contribution in [2.24, 2.45) is 0 Å². The van der Waals surface area contributed by atoms with E-state index in [1.165, 1.54) is 18.6 Å². The second-order valence-electron chi connectivity index (χ2n) is 5.39. The van der Waals surface area contributed by atoms with Crippen molar-refractivity contribution in [2.45, 2.75) is 25.8 Å². The molecule has 21 heavy (non-hydrogen) atoms. The molecule has 1 aliphatic heterocycles. The molecule has 1 aliphatic rings. The van der Waals surface area contributed by atoms with E-state index >= 15 is 0 Å². The van der Waals surface area contributed by atoms with Gasteiger partial charge in [0.15, 0.2) is 0 Å². The summed E-state index contributed by atoms with van der Waals surface area (Å²) in [6.07, 6.45) is 5.12. The number of hydrogen-bond donors (Lipinski definition) is 0. The van der Waals surface area contributed by atoms with Crippen LogP contribution >= 0.6 is 0 Å². The molecule has 0 aliphatic carbocycles. The van der Waals surface area contributed by atoms with E-state index in [2.05, 4.69) is 0 Å². The van der Waals surface area contributed by atoms with Gasteiger partial charge in [-0.1, -0.05) is 0 Å². The Labute approximate surface area is 122 Å². The zero-order chi connectivity index (χ0) is 14.8. The van der Waals surface area contributed by atoms with Crippen LogP contribution in [0.2, 0.25) is 0 Å². The van der Waals surface area contributed by atoms with E-state index in [0.717, 1.165) is 36.8 Å². The second kappa shape index (κ2) is 5.55. The van der Waals surface area contributed by atoms with Crippen molar-refractivity contribution in [1.82, 2.24) is 9.47 Å². The minimum atomic E-state index is -0.413. The predicted molar refractivity (Wildman–Crippen MR) is 79.0 cm³/mol. The molecule has 2 heterocycles. The number of nitro groups is 1. The summed E-state index contributed by atoms with van der Waals surface area (Å²) >= 11 is 0. The highest BCUT2D eigenvalue weighted by atomic mass is 16.6. The Bertz CT molecular complexity index is 687. The highest BCUT2D eigenvalue weighted by Gasteiger charge is 2.18. The van der Waals surface area contributed by atoms with Gasteiger partial charge in [0, 0.05) is 36.8 Å². The van der Waals surface area contributed by atoms with Crippen LogP contribution in [-0.2, 0) is 11.3 Å². The summed E-state index contributed by atoms with van der Waals surface area (Å²) in [6.45, 7) is 1.88. The summed E-state index contributed by atoms with van der Waals surface area (Å²) in [5, 5.41) is 11.8. The van der Waals surface area contributed by atoms with Crippen LogP contribution in [-0.4, -0.2) is 33.4 Å². The van der Waals surface area contributed by atoms with Crippen LogP contribution in [0.25, 0.3) is 10.9 Å². The van der Waals surface area contributed by atoms with Gasteiger partial charge >= 0.3 is 0 Å². The standard InChI is InChI=1S/C15H17N3O3/c19-15(16-7-2-1-3-8-16)11-17-9-6-12-4-5-13(18(20)21)10-14(12)17/h4-6,9-10H,1-3,7-8,11H2. The molecule has 0 saturated carbocycles. The van der Waals surface area contributed by atoms with E-state index in [1.54, 1.807) is 10.6 Å². The van der Waals surface area contributed by atoms with Gasteiger partial charge in [0.25, 0.3) is 5.69 Å². The number of non-ortho nitro benzene ring substituents is 1. The van der Waals surface area contributed by atoms with Crippen LogP contribution in [0.1, 0.15) is 19.3 Å². The van der Waals surface area contributed by atoms with Crippen molar-refractivity contribution >= 4 is 22.5 Å². The summed E-state index contributed by atoms with van der Waals surface area (Å²) in [5.74, 6) is 0.0821. The third-order valence-electron chi connectivity index (χ3n) is 3.98. The maximum absolute atomic E-state index is 12.3. The van der Waals surface area contributed by atoms with Crippen LogP contribution in [0, 0.1) is 10.1 Å². The molecule has 0 atom stereocenters. The first-order valence-corrected chi connectivity index (χ1v) is 7.16. The van der Waals surface area contributed by atoms with Gasteiger partial charge in [-0.25, -0.2) is 0 Å². The largest absolute Gasteiger partial charge is 0.341 e. The number of benzene rings is 1. The maximum Gasteiger partial charge on any atom is 0.271 e. The third-order valence-corrected chi connectivity index (χ3v) is 3.98. The van der Waals surface area contributed by atoms with Gasteiger partial charge in [0.1, 0.15) is 6.54 Å². The molecule has 1 aromatic carbocycles. The molecule has 1 fully saturated rings. The summed E-state index contributed by atoms with van der Waals surface area (Å²) < 4.78 is 1.79. The third kappa shape index (κ3) is 2.74. The maximum atomic E-state index is 12.3. The number of amides is 1. The molecular formula is C15H17N3O3. The van der Waals surface area contributed by atoms with Crippen LogP contribution in [0.5, 0.6) is 0 Å². The van der Waals surface area contributed by atoms with E-state index in [4.69, 9.17) is 0 Å². The van der Waals surface area contributed by atoms with Crippen molar-refractivity contribution in [3.05, 3.63) is 40.6 Å². The normalized spacial score (nSPS) is 15.3. The average Bonchev–Trinajstić information content (AvgIpc) is 2.90. The molecule has 3 rings (SSSR count). The minimum absolute atomic E-state index is 0.0490. The van der Waals surface area contributed by atoms with Gasteiger partial charge in [-0.05, 0) is 31.4 Å². The number of nitro benzene ring substituents is 1. The summed E-state index contributed by atoms with van der Waals surface area (Å²) in [6, 6.07) is 6.61. The first-order valence-electron chi connectivity index (χ1n) is 7.16. The van der Waals surface area contributed by atoms with E-state index in [0.29, 0.717) is 0 Å². The zero-order valence-corrected chi connectivity index (χ0v) is 11.7. The molecule has 6 nitrogen and oxygen atoms in total. The average molecular weight is 287 g/mol. The van der Waals surface area contributed by atoms with Gasteiger partial charge in [-0.2, -0.15) is 0 Å². The van der Waals surface area contributed by atoms with Crippen molar-refractivity contribution < 1.29 is 9.72 Å². The number of fused-ring (bicyclic) bond motifs is 1. The van der Waals surface area contributed by atoms with Crippen LogP contribution in [0.4, 0.5) is 5.69 Å². The van der Waals surface area contributed by atoms with Crippen LogP contribution in [0.15, 0.2) is 30.5 Å². The highest BCUT2D eigenvalue weighted by molar-refractivity contribution is 5.85. The number of likely N-dealkylation sites (tertiary alicyclic amines) is 1. The molecule has 1 amide bonds. The second-order valence-corrected chi connectivity index (χ2v) is 5.39. The van der Waals surface area contributed by atoms with E-state index < -0.39 is 4.92 Å². The van der Waals surface area contributed by atoms with Crippen LogP contribution in [0.3, 0.4) is 0 Å². The monoisotopic (exact) mass is 287 g/mol. The lowest BCUT2D eigenvalue weighted by Gasteiger charge is -2.27. The lowest BCUT2D eigenvalue weighted by Crippen LogP contribution is -2.37. The summed E-state index contributed by atoms with van der Waals surface area (Å²) in [7, 11) is 0. The van der Waals surface area contributed by atoms with E-state index in [9.17, 15) is 14.9 Å². The molecule has 0 bridgehead atoms. The molecule has 1 aromatic heterocycles. The Morgan fingerprint density at radius 2 is 1.95 bits per heavy atom. The topological polar surface area (TPSA) is 68.4 Å². The molecule has 0 radical (unpaired) electrons. The Balaban J connectivity index is 1.84. The van der Waals surface area contributed by atoms with Gasteiger partial charge in [0.05, 0.1) is 10.4 Å². The smallest absolute Gasteiger partial charge is 0.271 e. The number of hydrogen-bond acceptors (Lipinski definition) is 3. The quantitative estimate of drug-likeness (QED) is 0.643. The first-order chi connectivity index (χ1) is 10.1. The molecule has 2 aromatic rings. The van der Waals surface area contributed by atoms with E-state index in [1.807, 2.05) is 17.2 Å². The number of piperidine rings is 1. The Hall–Kier alpha value is -2.37. The van der Waals surface area contributed by atoms with Crippen LogP contribution < -0.4 is 0 Å². The minimum Gasteiger partial charge on any atom is -0.341 e. The van der Waals surface area contributed by atoms with Gasteiger partial charge < -0.3 is 9.47 Å². The Kier molecular flexibility index (Phi) is 3.60. The summed E-state index contributed by atoms with van der Waals surface area (Å²) in [4.78, 5) is 24.6. The molecule has 0 unspecified atom stereocenters. The number of carbonyl (C=O) groups is 1. The molecule has 6 heteroatoms. The Morgan fingerprint density at radius 1 is 1.19 bits per heavy atom. The fraction of sp³-hybridized carbons (Fsp3) is 0.400. The van der Waals surface area contributed by atoms with E-state index in [-0.39, 0.29) is 18.1 Å². The number of aromatic nitrogens is 1. The molecule has 1 saturated heterocycles. The van der Waals surface area contributed by atoms with Crippen molar-refractivity contribution in [3.63, 3.8) is 0 Å². The van der Waals surface area contributed by atoms with Gasteiger partial charge in [-0.15, -0.1) is 0 Å². The fourth-order valence-electron chi connectivity index (χ4n) is 2.81. The number of carbonyl (C=O) groups excluding carboxylic acids is 1. The number of rotatable bonds is 3. The first kappa shape index (κ1) is 13.6. The SMILES string of the molecule is O=C(Cn1ccc2ccc([N+](=O)[O-])cc21)N1CCCCC1. The molecule has 110 valence electrons. The summed E-state index contributed by atoms with van der Waals surface area (Å²) in [5.41, 5.74) is 0.780. The van der Waals surface area contributed by atoms with Gasteiger partial charge in [-0.3, -0.25) is 14.9 Å². The molecular weight excluding hydrogens is 270 g/mol. The lowest BCUT2D eigenvalue weighted by molar-refractivity contribution is -0.384. The fourth-order valence-corrected chi connectivity index (χ4v) is 2.81. The van der Waals surface area contributed by atoms with Gasteiger partial charge in [0.2, 0.25) is 5.91 Å². The Morgan fingerprint density at radius 3 is 2.67 bits per heavy atom. The van der Waals surface area contributed by atoms with Crippen molar-refractivity contribution in [2.75, 3.05) is 13.1 Å². The lowest BCUT2D eigenvalue weighted by atomic mass is 10.1. The van der Waals surface area contributed by atoms with Crippen molar-refractivity contribution in [3.8, 4) is 0 Å². The zero-order valence-electron chi connectivity index (χ0n) is 11.7. The number of nitrogens with zero attached hydrogens (tertiary/aromatic N) is 3. The molecule has 0 N–H and O–H groups in total. The van der Waals surface area contributed by atoms with Crippen molar-refractivity contribution in [1.29, 1.82) is 0 Å².